The summed E-state index contributed by atoms with van der Waals surface area (Å²) in [4.78, 5) is 11.9. The van der Waals surface area contributed by atoms with E-state index in [4.69, 9.17) is 16.3 Å². The van der Waals surface area contributed by atoms with Crippen LogP contribution < -0.4 is 10.1 Å². The Balaban J connectivity index is 1.81. The fourth-order valence-corrected chi connectivity index (χ4v) is 2.75. The number of hydrogen-bond donors (Lipinski definition) is 1. The number of halogens is 1. The largest absolute Gasteiger partial charge is 0.484 e. The van der Waals surface area contributed by atoms with Crippen LogP contribution in [0.3, 0.4) is 0 Å². The lowest BCUT2D eigenvalue weighted by molar-refractivity contribution is -0.124. The third-order valence-electron chi connectivity index (χ3n) is 3.96. The standard InChI is InChI=1S/C16H22ClNO2/c1-11-5-3-4-6-15(11)18-16(19)10-20-13-7-8-14(17)12(2)9-13/h7-9,11,15H,3-6,10H2,1-2H3,(H,18,19)/t11-,15+/m1/s1. The molecule has 110 valence electrons. The second kappa shape index (κ2) is 6.98. The number of nitrogens with one attached hydrogen (secondary N) is 1. The maximum Gasteiger partial charge on any atom is 0.258 e. The molecule has 0 aromatic heterocycles. The van der Waals surface area contributed by atoms with Crippen molar-refractivity contribution < 1.29 is 9.53 Å². The van der Waals surface area contributed by atoms with Crippen LogP contribution in [-0.4, -0.2) is 18.6 Å². The Morgan fingerprint density at radius 2 is 2.15 bits per heavy atom. The van der Waals surface area contributed by atoms with Crippen molar-refractivity contribution in [1.82, 2.24) is 5.32 Å². The number of aryl methyl sites for hydroxylation is 1. The van der Waals surface area contributed by atoms with Crippen LogP contribution in [0.1, 0.15) is 38.2 Å². The molecule has 0 bridgehead atoms. The van der Waals surface area contributed by atoms with E-state index < -0.39 is 0 Å². The van der Waals surface area contributed by atoms with E-state index in [-0.39, 0.29) is 12.5 Å². The Morgan fingerprint density at radius 3 is 2.85 bits per heavy atom. The van der Waals surface area contributed by atoms with Crippen LogP contribution in [0.25, 0.3) is 0 Å². The quantitative estimate of drug-likeness (QED) is 0.919. The summed E-state index contributed by atoms with van der Waals surface area (Å²) in [6, 6.07) is 5.71. The topological polar surface area (TPSA) is 38.3 Å². The van der Waals surface area contributed by atoms with Gasteiger partial charge >= 0.3 is 0 Å². The van der Waals surface area contributed by atoms with Crippen molar-refractivity contribution in [3.05, 3.63) is 28.8 Å². The van der Waals surface area contributed by atoms with Crippen molar-refractivity contribution >= 4 is 17.5 Å². The first-order valence-corrected chi connectivity index (χ1v) is 7.62. The van der Waals surface area contributed by atoms with Crippen LogP contribution in [0.2, 0.25) is 5.02 Å². The number of hydrogen-bond acceptors (Lipinski definition) is 2. The molecule has 2 rings (SSSR count). The zero-order valence-corrected chi connectivity index (χ0v) is 12.9. The van der Waals surface area contributed by atoms with Gasteiger partial charge in [0.25, 0.3) is 5.91 Å². The van der Waals surface area contributed by atoms with Crippen molar-refractivity contribution in [2.45, 2.75) is 45.6 Å². The molecule has 1 aliphatic rings. The summed E-state index contributed by atoms with van der Waals surface area (Å²) in [5.74, 6) is 1.19. The maximum atomic E-state index is 11.9. The molecule has 1 aliphatic carbocycles. The molecule has 2 atom stereocenters. The van der Waals surface area contributed by atoms with Gasteiger partial charge in [0.15, 0.2) is 6.61 Å². The summed E-state index contributed by atoms with van der Waals surface area (Å²) in [5.41, 5.74) is 0.950. The first kappa shape index (κ1) is 15.2. The Hall–Kier alpha value is -1.22. The molecule has 1 aromatic rings. The van der Waals surface area contributed by atoms with E-state index in [9.17, 15) is 4.79 Å². The number of ether oxygens (including phenoxy) is 1. The molecule has 0 aliphatic heterocycles. The Kier molecular flexibility index (Phi) is 5.30. The second-order valence-corrected chi connectivity index (χ2v) is 6.04. The third-order valence-corrected chi connectivity index (χ3v) is 4.38. The number of amides is 1. The van der Waals surface area contributed by atoms with E-state index in [0.29, 0.717) is 22.7 Å². The van der Waals surface area contributed by atoms with Gasteiger partial charge in [0.2, 0.25) is 0 Å². The van der Waals surface area contributed by atoms with Gasteiger partial charge in [-0.25, -0.2) is 0 Å². The highest BCUT2D eigenvalue weighted by Gasteiger charge is 2.22. The van der Waals surface area contributed by atoms with Gasteiger partial charge in [0, 0.05) is 11.1 Å². The molecule has 0 unspecified atom stereocenters. The molecule has 1 aromatic carbocycles. The molecule has 0 saturated heterocycles. The highest BCUT2D eigenvalue weighted by Crippen LogP contribution is 2.24. The summed E-state index contributed by atoms with van der Waals surface area (Å²) in [6.07, 6.45) is 4.75. The van der Waals surface area contributed by atoms with E-state index in [1.165, 1.54) is 19.3 Å². The normalized spacial score (nSPS) is 22.4. The highest BCUT2D eigenvalue weighted by molar-refractivity contribution is 6.31. The zero-order chi connectivity index (χ0) is 14.5. The van der Waals surface area contributed by atoms with Gasteiger partial charge in [-0.05, 0) is 49.4 Å². The summed E-state index contributed by atoms with van der Waals surface area (Å²) >= 11 is 5.95. The predicted molar refractivity (Wildman–Crippen MR) is 81.2 cm³/mol. The van der Waals surface area contributed by atoms with Gasteiger partial charge in [-0.2, -0.15) is 0 Å². The average molecular weight is 296 g/mol. The summed E-state index contributed by atoms with van der Waals surface area (Å²) in [7, 11) is 0. The van der Waals surface area contributed by atoms with Crippen molar-refractivity contribution in [2.24, 2.45) is 5.92 Å². The Morgan fingerprint density at radius 1 is 1.40 bits per heavy atom. The molecule has 0 heterocycles. The molecule has 0 spiro atoms. The summed E-state index contributed by atoms with van der Waals surface area (Å²) in [6.45, 7) is 4.18. The van der Waals surface area contributed by atoms with Crippen LogP contribution in [0.4, 0.5) is 0 Å². The van der Waals surface area contributed by atoms with E-state index in [0.717, 1.165) is 12.0 Å². The van der Waals surface area contributed by atoms with E-state index in [2.05, 4.69) is 12.2 Å². The lowest BCUT2D eigenvalue weighted by Crippen LogP contribution is -2.43. The summed E-state index contributed by atoms with van der Waals surface area (Å²) in [5, 5.41) is 3.78. The first-order valence-electron chi connectivity index (χ1n) is 7.24. The number of carbonyl (C=O) groups excluding carboxylic acids is 1. The minimum absolute atomic E-state index is 0.0450. The minimum atomic E-state index is -0.0450. The fraction of sp³-hybridized carbons (Fsp3) is 0.562. The summed E-state index contributed by atoms with van der Waals surface area (Å²) < 4.78 is 5.51. The molecule has 1 saturated carbocycles. The minimum Gasteiger partial charge on any atom is -0.484 e. The molecule has 1 N–H and O–H groups in total. The van der Waals surface area contributed by atoms with E-state index in [1.54, 1.807) is 12.1 Å². The van der Waals surface area contributed by atoms with Gasteiger partial charge in [-0.3, -0.25) is 4.79 Å². The SMILES string of the molecule is Cc1cc(OCC(=O)N[C@H]2CCCC[C@H]2C)ccc1Cl. The lowest BCUT2D eigenvalue weighted by Gasteiger charge is -2.29. The van der Waals surface area contributed by atoms with Gasteiger partial charge in [-0.15, -0.1) is 0 Å². The van der Waals surface area contributed by atoms with Gasteiger partial charge in [0.05, 0.1) is 0 Å². The third kappa shape index (κ3) is 4.14. The van der Waals surface area contributed by atoms with Gasteiger partial charge < -0.3 is 10.1 Å². The monoisotopic (exact) mass is 295 g/mol. The zero-order valence-electron chi connectivity index (χ0n) is 12.1. The molecular formula is C16H22ClNO2. The smallest absolute Gasteiger partial charge is 0.258 e. The molecule has 1 amide bonds. The second-order valence-electron chi connectivity index (χ2n) is 5.64. The van der Waals surface area contributed by atoms with Crippen molar-refractivity contribution in [1.29, 1.82) is 0 Å². The Bertz CT molecular complexity index is 476. The fourth-order valence-electron chi connectivity index (χ4n) is 2.63. The molecule has 20 heavy (non-hydrogen) atoms. The van der Waals surface area contributed by atoms with Gasteiger partial charge in [-0.1, -0.05) is 31.4 Å². The molecule has 3 nitrogen and oxygen atoms in total. The van der Waals surface area contributed by atoms with Crippen LogP contribution in [0, 0.1) is 12.8 Å². The van der Waals surface area contributed by atoms with Crippen LogP contribution >= 0.6 is 11.6 Å². The number of benzene rings is 1. The van der Waals surface area contributed by atoms with Crippen LogP contribution in [0.5, 0.6) is 5.75 Å². The number of rotatable bonds is 4. The molecule has 1 fully saturated rings. The van der Waals surface area contributed by atoms with Crippen molar-refractivity contribution in [3.8, 4) is 5.75 Å². The Labute approximate surface area is 125 Å². The van der Waals surface area contributed by atoms with Crippen molar-refractivity contribution in [3.63, 3.8) is 0 Å². The molecule has 0 radical (unpaired) electrons. The van der Waals surface area contributed by atoms with Crippen molar-refractivity contribution in [2.75, 3.05) is 6.61 Å². The van der Waals surface area contributed by atoms with Crippen LogP contribution in [-0.2, 0) is 4.79 Å². The molecule has 4 heteroatoms. The molecular weight excluding hydrogens is 274 g/mol. The average Bonchev–Trinajstić information content (AvgIpc) is 2.43. The van der Waals surface area contributed by atoms with E-state index >= 15 is 0 Å². The van der Waals surface area contributed by atoms with Gasteiger partial charge in [0.1, 0.15) is 5.75 Å². The van der Waals surface area contributed by atoms with Crippen LogP contribution in [0.15, 0.2) is 18.2 Å². The lowest BCUT2D eigenvalue weighted by atomic mass is 9.86. The maximum absolute atomic E-state index is 11.9. The first-order chi connectivity index (χ1) is 9.56. The number of carbonyl (C=O) groups is 1. The van der Waals surface area contributed by atoms with E-state index in [1.807, 2.05) is 13.0 Å². The predicted octanol–water partition coefficient (Wildman–Crippen LogP) is 3.72. The highest BCUT2D eigenvalue weighted by atomic mass is 35.5.